The van der Waals surface area contributed by atoms with Crippen LogP contribution in [0.15, 0.2) is 177 Å². The van der Waals surface area contributed by atoms with Crippen LogP contribution in [0.3, 0.4) is 0 Å². The molecule has 9 nitrogen and oxygen atoms in total. The molecule has 7 heterocycles. The van der Waals surface area contributed by atoms with Crippen molar-refractivity contribution in [3.63, 3.8) is 0 Å². The van der Waals surface area contributed by atoms with Gasteiger partial charge in [-0.15, -0.1) is 0 Å². The van der Waals surface area contributed by atoms with Gasteiger partial charge in [-0.05, 0) is 97.1 Å². The highest BCUT2D eigenvalue weighted by Gasteiger charge is 2.18. The first kappa shape index (κ1) is 29.8. The summed E-state index contributed by atoms with van der Waals surface area (Å²) in [7, 11) is 0. The molecule has 7 aromatic heterocycles. The van der Waals surface area contributed by atoms with Gasteiger partial charge < -0.3 is 14.4 Å². The van der Waals surface area contributed by atoms with Gasteiger partial charge in [-0.2, -0.15) is 0 Å². The van der Waals surface area contributed by atoms with E-state index in [9.17, 15) is 0 Å². The van der Waals surface area contributed by atoms with Crippen LogP contribution in [0.4, 0.5) is 34.1 Å². The van der Waals surface area contributed by atoms with Crippen molar-refractivity contribution in [1.82, 2.24) is 34.5 Å². The summed E-state index contributed by atoms with van der Waals surface area (Å²) in [5.74, 6) is 0. The third-order valence-corrected chi connectivity index (χ3v) is 8.81. The van der Waals surface area contributed by atoms with E-state index in [4.69, 9.17) is 9.97 Å². The van der Waals surface area contributed by atoms with Crippen LogP contribution in [0.2, 0.25) is 0 Å². The first-order valence-electron chi connectivity index (χ1n) is 16.5. The predicted octanol–water partition coefficient (Wildman–Crippen LogP) is 9.76. The lowest BCUT2D eigenvalue weighted by atomic mass is 10.1. The minimum Gasteiger partial charge on any atom is -0.308 e. The molecule has 0 saturated carbocycles. The fourth-order valence-electron chi connectivity index (χ4n) is 6.57. The Morgan fingerprint density at radius 3 is 1.49 bits per heavy atom. The van der Waals surface area contributed by atoms with Crippen LogP contribution in [-0.4, -0.2) is 34.5 Å². The van der Waals surface area contributed by atoms with Crippen LogP contribution in [0.5, 0.6) is 0 Å². The minimum absolute atomic E-state index is 0.763. The average molecular weight is 660 g/mol. The lowest BCUT2D eigenvalue weighted by Crippen LogP contribution is -2.10. The van der Waals surface area contributed by atoms with Gasteiger partial charge >= 0.3 is 0 Å². The summed E-state index contributed by atoms with van der Waals surface area (Å²) in [5, 5.41) is 2.23. The average Bonchev–Trinajstić information content (AvgIpc) is 3.54. The Kier molecular flexibility index (Phi) is 7.60. The van der Waals surface area contributed by atoms with E-state index in [1.807, 2.05) is 91.8 Å². The SMILES string of the molecule is c1cncc(N(c2ccc(-n3c4ccccc4c4cc(-c5cc(N(c6cccnc6)c6cccnc6)ccn5)ncc43)cc2)c2cccnc2)c1. The second-order valence-corrected chi connectivity index (χ2v) is 11.9. The molecule has 0 aliphatic heterocycles. The molecule has 0 saturated heterocycles. The van der Waals surface area contributed by atoms with Gasteiger partial charge in [-0.3, -0.25) is 29.9 Å². The van der Waals surface area contributed by atoms with E-state index >= 15 is 0 Å². The molecule has 9 rings (SSSR count). The molecule has 51 heavy (non-hydrogen) atoms. The van der Waals surface area contributed by atoms with E-state index < -0.39 is 0 Å². The standard InChI is InChI=1S/C42H29N9/c1-2-12-41-37(11-1)38-24-40(39-23-32(17-22-47-39)50(35-9-5-20-45-27-35)36-10-6-21-46-28-36)48-29-42(38)51(41)31-15-13-30(14-16-31)49(33-7-3-18-43-25-33)34-8-4-19-44-26-34/h1-29H. The van der Waals surface area contributed by atoms with Gasteiger partial charge in [-0.25, -0.2) is 0 Å². The van der Waals surface area contributed by atoms with Gasteiger partial charge in [0.2, 0.25) is 0 Å². The molecular weight excluding hydrogens is 631 g/mol. The van der Waals surface area contributed by atoms with Crippen LogP contribution in [0.25, 0.3) is 38.9 Å². The number of hydrogen-bond acceptors (Lipinski definition) is 8. The monoisotopic (exact) mass is 659 g/mol. The number of hydrogen-bond donors (Lipinski definition) is 0. The van der Waals surface area contributed by atoms with E-state index in [1.165, 1.54) is 0 Å². The largest absolute Gasteiger partial charge is 0.308 e. The first-order chi connectivity index (χ1) is 25.3. The van der Waals surface area contributed by atoms with Crippen LogP contribution < -0.4 is 9.80 Å². The zero-order chi connectivity index (χ0) is 34.0. The highest BCUT2D eigenvalue weighted by Crippen LogP contribution is 2.38. The van der Waals surface area contributed by atoms with Gasteiger partial charge in [0.1, 0.15) is 0 Å². The second kappa shape index (κ2) is 13.0. The molecule has 0 aliphatic carbocycles. The number of para-hydroxylation sites is 1. The Morgan fingerprint density at radius 2 is 0.922 bits per heavy atom. The number of fused-ring (bicyclic) bond motifs is 3. The van der Waals surface area contributed by atoms with Crippen molar-refractivity contribution in [3.8, 4) is 17.1 Å². The van der Waals surface area contributed by atoms with Crippen molar-refractivity contribution >= 4 is 55.9 Å². The molecule has 0 atom stereocenters. The first-order valence-corrected chi connectivity index (χ1v) is 16.5. The van der Waals surface area contributed by atoms with E-state index in [1.54, 1.807) is 24.8 Å². The molecule has 0 spiro atoms. The molecular formula is C42H29N9. The normalized spacial score (nSPS) is 11.1. The van der Waals surface area contributed by atoms with Crippen LogP contribution in [-0.2, 0) is 0 Å². The molecule has 0 unspecified atom stereocenters. The Bertz CT molecular complexity index is 2500. The lowest BCUT2D eigenvalue weighted by molar-refractivity contribution is 1.15. The maximum absolute atomic E-state index is 4.98. The minimum atomic E-state index is 0.763. The van der Waals surface area contributed by atoms with Crippen LogP contribution in [0.1, 0.15) is 0 Å². The number of anilines is 6. The van der Waals surface area contributed by atoms with Gasteiger partial charge in [0, 0.05) is 53.1 Å². The topological polar surface area (TPSA) is 88.8 Å². The van der Waals surface area contributed by atoms with E-state index in [0.29, 0.717) is 0 Å². The highest BCUT2D eigenvalue weighted by molar-refractivity contribution is 6.10. The molecule has 0 bridgehead atoms. The number of aromatic nitrogens is 7. The molecule has 0 fully saturated rings. The summed E-state index contributed by atoms with van der Waals surface area (Å²) in [6.07, 6.45) is 18.3. The maximum atomic E-state index is 4.98. The zero-order valence-electron chi connectivity index (χ0n) is 27.3. The highest BCUT2D eigenvalue weighted by atomic mass is 15.2. The lowest BCUT2D eigenvalue weighted by Gasteiger charge is -2.24. The Hall–Kier alpha value is -7.26. The van der Waals surface area contributed by atoms with Crippen molar-refractivity contribution in [2.75, 3.05) is 9.80 Å². The van der Waals surface area contributed by atoms with Gasteiger partial charge in [0.15, 0.2) is 0 Å². The van der Waals surface area contributed by atoms with Crippen molar-refractivity contribution in [3.05, 3.63) is 177 Å². The summed E-state index contributed by atoms with van der Waals surface area (Å²) in [4.78, 5) is 31.5. The third kappa shape index (κ3) is 5.58. The number of benzene rings is 2. The number of pyridine rings is 6. The summed E-state index contributed by atoms with van der Waals surface area (Å²) in [6.45, 7) is 0. The molecule has 0 radical (unpaired) electrons. The van der Waals surface area contributed by atoms with E-state index in [-0.39, 0.29) is 0 Å². The maximum Gasteiger partial charge on any atom is 0.0907 e. The second-order valence-electron chi connectivity index (χ2n) is 11.9. The summed E-state index contributed by atoms with van der Waals surface area (Å²) < 4.78 is 2.26. The van der Waals surface area contributed by atoms with Gasteiger partial charge in [0.25, 0.3) is 0 Å². The zero-order valence-corrected chi connectivity index (χ0v) is 27.3. The fourth-order valence-corrected chi connectivity index (χ4v) is 6.57. The smallest absolute Gasteiger partial charge is 0.0907 e. The molecule has 0 amide bonds. The van der Waals surface area contributed by atoms with Gasteiger partial charge in [0.05, 0.1) is 81.8 Å². The third-order valence-electron chi connectivity index (χ3n) is 8.81. The van der Waals surface area contributed by atoms with Crippen molar-refractivity contribution in [2.45, 2.75) is 0 Å². The Labute approximate surface area is 293 Å². The number of rotatable bonds is 8. The van der Waals surface area contributed by atoms with Crippen LogP contribution >= 0.6 is 0 Å². The Morgan fingerprint density at radius 1 is 0.373 bits per heavy atom. The van der Waals surface area contributed by atoms with Crippen molar-refractivity contribution in [2.24, 2.45) is 0 Å². The predicted molar refractivity (Wildman–Crippen MR) is 202 cm³/mol. The van der Waals surface area contributed by atoms with E-state index in [0.717, 1.165) is 73.0 Å². The van der Waals surface area contributed by atoms with Crippen molar-refractivity contribution in [1.29, 1.82) is 0 Å². The fraction of sp³-hybridized carbons (Fsp3) is 0. The summed E-state index contributed by atoms with van der Waals surface area (Å²) in [5.41, 5.74) is 10.3. The summed E-state index contributed by atoms with van der Waals surface area (Å²) in [6, 6.07) is 39.1. The molecule has 9 aromatic rings. The van der Waals surface area contributed by atoms with Crippen LogP contribution in [0, 0.1) is 0 Å². The molecule has 2 aromatic carbocycles. The molecule has 242 valence electrons. The number of nitrogens with zero attached hydrogens (tertiary/aromatic N) is 9. The van der Waals surface area contributed by atoms with E-state index in [2.05, 4.69) is 95.0 Å². The molecule has 0 aliphatic rings. The van der Waals surface area contributed by atoms with Crippen molar-refractivity contribution < 1.29 is 0 Å². The Balaban J connectivity index is 1.12. The molecule has 0 N–H and O–H groups in total. The summed E-state index contributed by atoms with van der Waals surface area (Å²) >= 11 is 0. The van der Waals surface area contributed by atoms with Gasteiger partial charge in [-0.1, -0.05) is 18.2 Å². The molecule has 9 heteroatoms. The quantitative estimate of drug-likeness (QED) is 0.159.